The first-order valence-corrected chi connectivity index (χ1v) is 13.5. The molecule has 0 saturated heterocycles. The van der Waals surface area contributed by atoms with E-state index in [1.54, 1.807) is 0 Å². The van der Waals surface area contributed by atoms with Crippen molar-refractivity contribution in [3.63, 3.8) is 0 Å². The number of benzene rings is 1. The van der Waals surface area contributed by atoms with E-state index in [0.717, 1.165) is 6.92 Å². The molecule has 0 bridgehead atoms. The highest BCUT2D eigenvalue weighted by atomic mass is 32.2. The average Bonchev–Trinajstić information content (AvgIpc) is 2.79. The molecule has 0 aliphatic rings. The Morgan fingerprint density at radius 2 is 1.84 bits per heavy atom. The summed E-state index contributed by atoms with van der Waals surface area (Å²) in [5.41, 5.74) is -2.03. The molecule has 1 aromatic rings. The molecule has 0 aliphatic heterocycles. The summed E-state index contributed by atoms with van der Waals surface area (Å²) in [5, 5.41) is 24.3. The number of non-ortho nitro benzene ring substituents is 1. The van der Waals surface area contributed by atoms with E-state index in [9.17, 15) is 55.6 Å². The molecule has 37 heavy (non-hydrogen) atoms. The maximum atomic E-state index is 13.2. The molecule has 0 fully saturated rings. The van der Waals surface area contributed by atoms with Crippen molar-refractivity contribution in [2.45, 2.75) is 31.0 Å². The fourth-order valence-electron chi connectivity index (χ4n) is 2.77. The number of rotatable bonds is 15. The highest BCUT2D eigenvalue weighted by molar-refractivity contribution is 7.89. The van der Waals surface area contributed by atoms with Gasteiger partial charge >= 0.3 is 12.1 Å². The molecule has 0 aliphatic carbocycles. The van der Waals surface area contributed by atoms with Crippen LogP contribution in [-0.2, 0) is 28.6 Å². The van der Waals surface area contributed by atoms with Crippen molar-refractivity contribution in [2.24, 2.45) is 0 Å². The van der Waals surface area contributed by atoms with Crippen LogP contribution in [0.25, 0.3) is 0 Å². The molecule has 0 amide bonds. The van der Waals surface area contributed by atoms with Crippen LogP contribution < -0.4 is 5.09 Å². The van der Waals surface area contributed by atoms with Crippen LogP contribution >= 0.6 is 7.52 Å². The molecule has 210 valence electrons. The Balaban J connectivity index is 3.36. The van der Waals surface area contributed by atoms with Gasteiger partial charge in [0.05, 0.1) is 28.7 Å². The molecular formula is C17H23F4N4O10PS. The maximum absolute atomic E-state index is 13.2. The summed E-state index contributed by atoms with van der Waals surface area (Å²) in [5.74, 6) is -1.01. The lowest BCUT2D eigenvalue weighted by molar-refractivity contribution is -0.396. The molecule has 0 aromatic heterocycles. The Morgan fingerprint density at radius 1 is 1.22 bits per heavy atom. The third-order valence-electron chi connectivity index (χ3n) is 4.41. The molecule has 2 atom stereocenters. The molecule has 0 radical (unpaired) electrons. The van der Waals surface area contributed by atoms with Gasteiger partial charge < -0.3 is 9.26 Å². The van der Waals surface area contributed by atoms with Crippen LogP contribution in [0, 0.1) is 20.2 Å². The number of nitro benzene ring substituents is 2. The number of carbonyl (C=O) groups is 1. The second kappa shape index (κ2) is 13.2. The molecule has 0 saturated carbocycles. The number of hydrogen-bond donors (Lipinski definition) is 1. The fourth-order valence-corrected chi connectivity index (χ4v) is 6.35. The van der Waals surface area contributed by atoms with Crippen LogP contribution in [0.5, 0.6) is 0 Å². The molecule has 1 unspecified atom stereocenters. The highest BCUT2D eigenvalue weighted by Crippen LogP contribution is 2.44. The minimum absolute atomic E-state index is 0.116. The van der Waals surface area contributed by atoms with Gasteiger partial charge in [-0.3, -0.25) is 29.6 Å². The van der Waals surface area contributed by atoms with E-state index in [0.29, 0.717) is 18.2 Å². The van der Waals surface area contributed by atoms with Crippen molar-refractivity contribution in [3.8, 4) is 0 Å². The predicted molar refractivity (Wildman–Crippen MR) is 118 cm³/mol. The Hall–Kier alpha value is -2.73. The molecule has 1 rings (SSSR count). The van der Waals surface area contributed by atoms with Gasteiger partial charge in [0.1, 0.15) is 12.7 Å². The molecule has 1 N–H and O–H groups in total. The smallest absolute Gasteiger partial charge is 0.412 e. The standard InChI is InChI=1S/C17H23F4N4O10PS/c1-3-34-16(26)12(2)22-36(31,35-11-17(19,20)21)9-8-23(7-6-18)37(32,33)15-5-4-13(24(27)28)10-14(15)25(29)30/h4-5,10,12H,3,6-9,11H2,1-2H3,(H,22,31)/t12-,36?/m0/s1. The summed E-state index contributed by atoms with van der Waals surface area (Å²) in [4.78, 5) is 30.8. The number of nitrogens with zero attached hydrogens (tertiary/aromatic N) is 3. The zero-order valence-corrected chi connectivity index (χ0v) is 21.1. The number of alkyl halides is 4. The van der Waals surface area contributed by atoms with E-state index >= 15 is 0 Å². The monoisotopic (exact) mass is 582 g/mol. The van der Waals surface area contributed by atoms with Gasteiger partial charge in [0.15, 0.2) is 11.5 Å². The zero-order chi connectivity index (χ0) is 28.6. The van der Waals surface area contributed by atoms with E-state index in [4.69, 9.17) is 0 Å². The van der Waals surface area contributed by atoms with Gasteiger partial charge in [-0.1, -0.05) is 0 Å². The number of ether oxygens (including phenoxy) is 1. The van der Waals surface area contributed by atoms with Crippen molar-refractivity contribution in [3.05, 3.63) is 38.4 Å². The Kier molecular flexibility index (Phi) is 11.5. The summed E-state index contributed by atoms with van der Waals surface area (Å²) < 4.78 is 99.9. The van der Waals surface area contributed by atoms with Gasteiger partial charge in [-0.25, -0.2) is 17.9 Å². The average molecular weight is 582 g/mol. The van der Waals surface area contributed by atoms with Crippen LogP contribution in [-0.4, -0.2) is 79.9 Å². The normalized spacial score (nSPS) is 14.7. The van der Waals surface area contributed by atoms with Gasteiger partial charge in [0, 0.05) is 19.2 Å². The Labute approximate surface area is 207 Å². The first kappa shape index (κ1) is 32.3. The number of sulfonamides is 1. The molecule has 1 aromatic carbocycles. The molecule has 0 spiro atoms. The van der Waals surface area contributed by atoms with E-state index < -0.39 is 94.4 Å². The zero-order valence-electron chi connectivity index (χ0n) is 19.3. The second-order valence-corrected chi connectivity index (χ2v) is 11.4. The molecular weight excluding hydrogens is 559 g/mol. The lowest BCUT2D eigenvalue weighted by Gasteiger charge is -2.26. The Bertz CT molecular complexity index is 1150. The summed E-state index contributed by atoms with van der Waals surface area (Å²) in [7, 11) is -9.65. The van der Waals surface area contributed by atoms with Crippen molar-refractivity contribution in [2.75, 3.05) is 39.1 Å². The highest BCUT2D eigenvalue weighted by Gasteiger charge is 2.38. The van der Waals surface area contributed by atoms with E-state index in [1.807, 2.05) is 5.09 Å². The van der Waals surface area contributed by atoms with Crippen LogP contribution in [0.4, 0.5) is 28.9 Å². The first-order valence-electron chi connectivity index (χ1n) is 10.2. The second-order valence-electron chi connectivity index (χ2n) is 7.15. The molecule has 20 heteroatoms. The first-order chi connectivity index (χ1) is 17.0. The lowest BCUT2D eigenvalue weighted by atomic mass is 10.3. The Morgan fingerprint density at radius 3 is 2.32 bits per heavy atom. The number of hydrogen-bond acceptors (Lipinski definition) is 10. The quantitative estimate of drug-likeness (QED) is 0.105. The number of halogens is 4. The number of carbonyl (C=O) groups excluding carboxylic acids is 1. The van der Waals surface area contributed by atoms with Crippen LogP contribution in [0.2, 0.25) is 0 Å². The van der Waals surface area contributed by atoms with Gasteiger partial charge in [0.25, 0.3) is 18.9 Å². The summed E-state index contributed by atoms with van der Waals surface area (Å²) >= 11 is 0. The van der Waals surface area contributed by atoms with Crippen LogP contribution in [0.1, 0.15) is 13.8 Å². The SMILES string of the molecule is CCOC(=O)[C@H](C)NP(=O)(CCN(CCF)S(=O)(=O)c1ccc([N+](=O)[O-])cc1[N+](=O)[O-])OCC(F)(F)F. The fraction of sp³-hybridized carbons (Fsp3) is 0.588. The topological polar surface area (TPSA) is 188 Å². The van der Waals surface area contributed by atoms with Crippen LogP contribution in [0.15, 0.2) is 23.1 Å². The number of esters is 1. The van der Waals surface area contributed by atoms with Gasteiger partial charge in [-0.15, -0.1) is 0 Å². The summed E-state index contributed by atoms with van der Waals surface area (Å²) in [6.45, 7) is -2.94. The van der Waals surface area contributed by atoms with Crippen molar-refractivity contribution < 1.29 is 54.4 Å². The molecule has 14 nitrogen and oxygen atoms in total. The maximum Gasteiger partial charge on any atom is 0.412 e. The van der Waals surface area contributed by atoms with Crippen molar-refractivity contribution >= 4 is 34.9 Å². The third-order valence-corrected chi connectivity index (χ3v) is 8.47. The van der Waals surface area contributed by atoms with E-state index in [1.165, 1.54) is 6.92 Å². The minimum atomic E-state index is -4.99. The lowest BCUT2D eigenvalue weighted by Crippen LogP contribution is -2.39. The van der Waals surface area contributed by atoms with Gasteiger partial charge in [-0.05, 0) is 19.9 Å². The summed E-state index contributed by atoms with van der Waals surface area (Å²) in [6, 6.07) is 0.0897. The van der Waals surface area contributed by atoms with Gasteiger partial charge in [0.2, 0.25) is 10.0 Å². The van der Waals surface area contributed by atoms with Crippen molar-refractivity contribution in [1.82, 2.24) is 9.39 Å². The van der Waals surface area contributed by atoms with Gasteiger partial charge in [-0.2, -0.15) is 17.5 Å². The number of nitro groups is 2. The molecule has 0 heterocycles. The summed E-state index contributed by atoms with van der Waals surface area (Å²) in [6.07, 6.45) is -5.98. The predicted octanol–water partition coefficient (Wildman–Crippen LogP) is 2.78. The number of nitrogens with one attached hydrogen (secondary N) is 1. The third kappa shape index (κ3) is 9.58. The van der Waals surface area contributed by atoms with Crippen molar-refractivity contribution in [1.29, 1.82) is 0 Å². The van der Waals surface area contributed by atoms with Crippen LogP contribution in [0.3, 0.4) is 0 Å². The van der Waals surface area contributed by atoms with E-state index in [-0.39, 0.29) is 10.9 Å². The minimum Gasteiger partial charge on any atom is -0.465 e. The largest absolute Gasteiger partial charge is 0.465 e. The van der Waals surface area contributed by atoms with E-state index in [2.05, 4.69) is 9.26 Å².